The molecule has 2 saturated heterocycles. The highest BCUT2D eigenvalue weighted by atomic mass is 16.6. The molecule has 2 fully saturated rings. The van der Waals surface area contributed by atoms with E-state index < -0.39 is 5.60 Å². The fourth-order valence-electron chi connectivity index (χ4n) is 3.89. The molecule has 2 atom stereocenters. The molecular weight excluding hydrogens is 318 g/mol. The van der Waals surface area contributed by atoms with Crippen molar-refractivity contribution in [3.05, 3.63) is 23.9 Å². The number of aromatic nitrogens is 1. The fourth-order valence-corrected chi connectivity index (χ4v) is 3.89. The van der Waals surface area contributed by atoms with Crippen LogP contribution in [0.1, 0.15) is 63.7 Å². The number of rotatable bonds is 3. The van der Waals surface area contributed by atoms with Crippen LogP contribution in [0, 0.1) is 0 Å². The summed E-state index contributed by atoms with van der Waals surface area (Å²) < 4.78 is 5.37. The van der Waals surface area contributed by atoms with E-state index in [2.05, 4.69) is 15.2 Å². The van der Waals surface area contributed by atoms with E-state index in [9.17, 15) is 9.59 Å². The fraction of sp³-hybridized carbons (Fsp3) is 0.632. The molecule has 2 bridgehead atoms. The van der Waals surface area contributed by atoms with E-state index >= 15 is 0 Å². The normalized spacial score (nSPS) is 25.6. The quantitative estimate of drug-likeness (QED) is 0.851. The van der Waals surface area contributed by atoms with Crippen molar-refractivity contribution < 1.29 is 14.3 Å². The molecule has 3 heterocycles. The number of carbonyl (C=O) groups is 2. The Bertz CT molecular complexity index is 637. The summed E-state index contributed by atoms with van der Waals surface area (Å²) in [5, 5.41) is 3.02. The summed E-state index contributed by atoms with van der Waals surface area (Å²) in [5.41, 5.74) is 0.157. The van der Waals surface area contributed by atoms with Crippen molar-refractivity contribution in [1.29, 1.82) is 0 Å². The summed E-state index contributed by atoms with van der Waals surface area (Å²) in [6.45, 7) is 7.16. The highest BCUT2D eigenvalue weighted by Gasteiger charge is 2.42. The first kappa shape index (κ1) is 17.7. The lowest BCUT2D eigenvalue weighted by atomic mass is 9.97. The number of anilines is 1. The van der Waals surface area contributed by atoms with Gasteiger partial charge in [0.1, 0.15) is 11.4 Å². The second-order valence-electron chi connectivity index (χ2n) is 8.07. The molecule has 6 heteroatoms. The monoisotopic (exact) mass is 345 g/mol. The summed E-state index contributed by atoms with van der Waals surface area (Å²) >= 11 is 0. The van der Waals surface area contributed by atoms with Gasteiger partial charge in [0.25, 0.3) is 0 Å². The molecular formula is C19H27N3O3. The van der Waals surface area contributed by atoms with Crippen molar-refractivity contribution in [2.45, 2.75) is 77.1 Å². The van der Waals surface area contributed by atoms with Crippen LogP contribution in [0.5, 0.6) is 0 Å². The van der Waals surface area contributed by atoms with Crippen LogP contribution in [-0.2, 0) is 4.74 Å². The minimum Gasteiger partial charge on any atom is -0.444 e. The number of hydrogen-bond acceptors (Lipinski definition) is 5. The summed E-state index contributed by atoms with van der Waals surface area (Å²) in [7, 11) is 0. The maximum atomic E-state index is 12.0. The van der Waals surface area contributed by atoms with E-state index in [0.29, 0.717) is 17.6 Å². The summed E-state index contributed by atoms with van der Waals surface area (Å²) in [6.07, 6.45) is 5.31. The number of amides is 1. The van der Waals surface area contributed by atoms with Gasteiger partial charge in [0.05, 0.1) is 0 Å². The molecule has 2 aliphatic heterocycles. The van der Waals surface area contributed by atoms with Crippen molar-refractivity contribution in [2.75, 3.05) is 4.90 Å². The van der Waals surface area contributed by atoms with E-state index in [-0.39, 0.29) is 17.9 Å². The van der Waals surface area contributed by atoms with Gasteiger partial charge >= 0.3 is 6.09 Å². The average molecular weight is 345 g/mol. The molecule has 3 rings (SSSR count). The number of nitrogens with one attached hydrogen (secondary N) is 1. The van der Waals surface area contributed by atoms with E-state index in [1.807, 2.05) is 32.9 Å². The van der Waals surface area contributed by atoms with Crippen LogP contribution >= 0.6 is 0 Å². The van der Waals surface area contributed by atoms with Crippen LogP contribution in [0.4, 0.5) is 10.6 Å². The lowest BCUT2D eigenvalue weighted by molar-refractivity contribution is 0.0492. The minimum absolute atomic E-state index is 0.0299. The third-order valence-corrected chi connectivity index (χ3v) is 4.87. The van der Waals surface area contributed by atoms with Gasteiger partial charge in [-0.1, -0.05) is 0 Å². The van der Waals surface area contributed by atoms with Crippen LogP contribution in [0.3, 0.4) is 0 Å². The number of ketones is 1. The number of nitrogens with zero attached hydrogens (tertiary/aromatic N) is 2. The van der Waals surface area contributed by atoms with E-state index in [4.69, 9.17) is 4.74 Å². The van der Waals surface area contributed by atoms with Gasteiger partial charge in [-0.25, -0.2) is 9.78 Å². The molecule has 0 aromatic carbocycles. The predicted molar refractivity (Wildman–Crippen MR) is 95.9 cm³/mol. The first-order chi connectivity index (χ1) is 11.7. The Morgan fingerprint density at radius 1 is 1.20 bits per heavy atom. The van der Waals surface area contributed by atoms with Gasteiger partial charge in [0, 0.05) is 29.9 Å². The molecule has 0 saturated carbocycles. The van der Waals surface area contributed by atoms with Crippen LogP contribution in [0.2, 0.25) is 0 Å². The maximum absolute atomic E-state index is 12.0. The predicted octanol–water partition coefficient (Wildman–Crippen LogP) is 3.31. The zero-order chi connectivity index (χ0) is 18.2. The molecule has 25 heavy (non-hydrogen) atoms. The molecule has 0 spiro atoms. The average Bonchev–Trinajstić information content (AvgIpc) is 2.76. The van der Waals surface area contributed by atoms with Gasteiger partial charge in [-0.2, -0.15) is 0 Å². The number of Topliss-reactive ketones (excluding diaryl/α,β-unsaturated/α-hetero) is 1. The Hall–Kier alpha value is -2.11. The van der Waals surface area contributed by atoms with Crippen molar-refractivity contribution in [3.8, 4) is 0 Å². The lowest BCUT2D eigenvalue weighted by Crippen LogP contribution is -2.51. The second-order valence-corrected chi connectivity index (χ2v) is 8.07. The molecule has 2 aliphatic rings. The third-order valence-electron chi connectivity index (χ3n) is 4.87. The number of pyridine rings is 1. The van der Waals surface area contributed by atoms with E-state index in [0.717, 1.165) is 31.5 Å². The molecule has 1 aromatic heterocycles. The summed E-state index contributed by atoms with van der Waals surface area (Å²) in [4.78, 5) is 30.3. The Kier molecular flexibility index (Phi) is 4.71. The Balaban J connectivity index is 1.64. The maximum Gasteiger partial charge on any atom is 0.407 e. The number of hydrogen-bond donors (Lipinski definition) is 1. The van der Waals surface area contributed by atoms with Crippen LogP contribution in [-0.4, -0.2) is 40.6 Å². The molecule has 0 aliphatic carbocycles. The molecule has 1 amide bonds. The largest absolute Gasteiger partial charge is 0.444 e. The number of carbonyl (C=O) groups excluding carboxylic acids is 2. The molecule has 1 N–H and O–H groups in total. The molecule has 0 radical (unpaired) electrons. The van der Waals surface area contributed by atoms with Crippen molar-refractivity contribution in [3.63, 3.8) is 0 Å². The van der Waals surface area contributed by atoms with Gasteiger partial charge in [0.15, 0.2) is 5.78 Å². The Morgan fingerprint density at radius 2 is 1.84 bits per heavy atom. The zero-order valence-corrected chi connectivity index (χ0v) is 15.4. The van der Waals surface area contributed by atoms with Gasteiger partial charge in [0.2, 0.25) is 0 Å². The van der Waals surface area contributed by atoms with Gasteiger partial charge in [-0.15, -0.1) is 0 Å². The van der Waals surface area contributed by atoms with E-state index in [1.54, 1.807) is 13.1 Å². The number of ether oxygens (including phenoxy) is 1. The number of fused-ring (bicyclic) bond motifs is 2. The van der Waals surface area contributed by atoms with Crippen molar-refractivity contribution in [2.24, 2.45) is 0 Å². The lowest BCUT2D eigenvalue weighted by Gasteiger charge is -2.40. The zero-order valence-electron chi connectivity index (χ0n) is 15.4. The third kappa shape index (κ3) is 4.11. The number of alkyl carbamates (subject to hydrolysis) is 1. The van der Waals surface area contributed by atoms with Crippen LogP contribution in [0.25, 0.3) is 0 Å². The first-order valence-corrected chi connectivity index (χ1v) is 8.98. The molecule has 1 aromatic rings. The molecule has 2 unspecified atom stereocenters. The van der Waals surface area contributed by atoms with Gasteiger partial charge in [-0.05, 0) is 65.5 Å². The molecule has 6 nitrogen and oxygen atoms in total. The summed E-state index contributed by atoms with van der Waals surface area (Å²) in [6, 6.07) is 4.66. The van der Waals surface area contributed by atoms with Crippen LogP contribution < -0.4 is 10.2 Å². The topological polar surface area (TPSA) is 71.5 Å². The standard InChI is InChI=1S/C19H27N3O3/c1-12(23)13-5-8-17(20-11-13)22-15-6-7-16(22)10-14(9-15)21-18(24)25-19(2,3)4/h5,8,11,14-16H,6-7,9-10H2,1-4H3,(H,21,24). The van der Waals surface area contributed by atoms with Crippen molar-refractivity contribution >= 4 is 17.7 Å². The van der Waals surface area contributed by atoms with Crippen molar-refractivity contribution in [1.82, 2.24) is 10.3 Å². The highest BCUT2D eigenvalue weighted by molar-refractivity contribution is 5.93. The Morgan fingerprint density at radius 3 is 2.32 bits per heavy atom. The minimum atomic E-state index is -0.480. The molecule has 136 valence electrons. The highest BCUT2D eigenvalue weighted by Crippen LogP contribution is 2.38. The van der Waals surface area contributed by atoms with E-state index in [1.165, 1.54) is 0 Å². The SMILES string of the molecule is CC(=O)c1ccc(N2C3CCC2CC(NC(=O)OC(C)(C)C)C3)nc1. The Labute approximate surface area is 148 Å². The van der Waals surface area contributed by atoms with Crippen LogP contribution in [0.15, 0.2) is 18.3 Å². The smallest absolute Gasteiger partial charge is 0.407 e. The van der Waals surface area contributed by atoms with Gasteiger partial charge < -0.3 is 15.0 Å². The second kappa shape index (κ2) is 6.65. The first-order valence-electron chi connectivity index (χ1n) is 8.98. The van der Waals surface area contributed by atoms with Gasteiger partial charge in [-0.3, -0.25) is 4.79 Å². The number of piperidine rings is 1. The summed E-state index contributed by atoms with van der Waals surface area (Å²) in [5.74, 6) is 0.954.